The maximum Gasteiger partial charge on any atom is 0.261 e. The molecule has 18 heavy (non-hydrogen) atoms. The molecule has 2 aromatic heterocycles. The van der Waals surface area contributed by atoms with Crippen LogP contribution in [0.2, 0.25) is 0 Å². The molecule has 0 aliphatic carbocycles. The average Bonchev–Trinajstić information content (AvgIpc) is 2.97. The summed E-state index contributed by atoms with van der Waals surface area (Å²) in [6.45, 7) is 1.84. The Balaban J connectivity index is 1.99. The zero-order valence-corrected chi connectivity index (χ0v) is 9.62. The normalized spacial score (nSPS) is 10.7. The summed E-state index contributed by atoms with van der Waals surface area (Å²) in [4.78, 5) is 4.26. The first-order chi connectivity index (χ1) is 8.72. The standard InChI is InChI=1S/C13H10N2O3/c1-8-5-10(7-17-8)13-14-12(15-18-13)9-3-2-4-11(16)6-9/h2-7,16H,1H3. The van der Waals surface area contributed by atoms with Crippen LogP contribution in [0.15, 0.2) is 45.5 Å². The van der Waals surface area contributed by atoms with Gasteiger partial charge in [0.15, 0.2) is 0 Å². The Morgan fingerprint density at radius 1 is 1.17 bits per heavy atom. The summed E-state index contributed by atoms with van der Waals surface area (Å²) in [5, 5.41) is 13.3. The number of hydrogen-bond donors (Lipinski definition) is 1. The Bertz CT molecular complexity index is 685. The third-order valence-corrected chi connectivity index (χ3v) is 2.51. The lowest BCUT2D eigenvalue weighted by molar-refractivity contribution is 0.431. The Hall–Kier alpha value is -2.56. The number of benzene rings is 1. The van der Waals surface area contributed by atoms with Crippen LogP contribution in [0.4, 0.5) is 0 Å². The second-order valence-corrected chi connectivity index (χ2v) is 3.92. The molecule has 2 heterocycles. The van der Waals surface area contributed by atoms with Crippen LogP contribution in [0.3, 0.4) is 0 Å². The molecular weight excluding hydrogens is 232 g/mol. The molecule has 0 aliphatic rings. The van der Waals surface area contributed by atoms with Crippen LogP contribution >= 0.6 is 0 Å². The van der Waals surface area contributed by atoms with Crippen LogP contribution in [0, 0.1) is 6.92 Å². The van der Waals surface area contributed by atoms with E-state index in [1.807, 2.05) is 13.0 Å². The smallest absolute Gasteiger partial charge is 0.261 e. The molecule has 0 saturated carbocycles. The number of rotatable bonds is 2. The fourth-order valence-electron chi connectivity index (χ4n) is 1.66. The van der Waals surface area contributed by atoms with Gasteiger partial charge in [-0.25, -0.2) is 0 Å². The Morgan fingerprint density at radius 2 is 2.06 bits per heavy atom. The Labute approximate surface area is 103 Å². The minimum Gasteiger partial charge on any atom is -0.508 e. The highest BCUT2D eigenvalue weighted by molar-refractivity contribution is 5.60. The molecule has 0 bridgehead atoms. The fraction of sp³-hybridized carbons (Fsp3) is 0.0769. The van der Waals surface area contributed by atoms with Gasteiger partial charge in [-0.2, -0.15) is 4.98 Å². The van der Waals surface area contributed by atoms with E-state index in [9.17, 15) is 5.11 Å². The third kappa shape index (κ3) is 1.86. The summed E-state index contributed by atoms with van der Waals surface area (Å²) < 4.78 is 10.3. The highest BCUT2D eigenvalue weighted by atomic mass is 16.5. The number of phenolic OH excluding ortho intramolecular Hbond substituents is 1. The van der Waals surface area contributed by atoms with Gasteiger partial charge < -0.3 is 14.0 Å². The third-order valence-electron chi connectivity index (χ3n) is 2.51. The molecule has 3 rings (SSSR count). The highest BCUT2D eigenvalue weighted by Gasteiger charge is 2.12. The van der Waals surface area contributed by atoms with E-state index >= 15 is 0 Å². The lowest BCUT2D eigenvalue weighted by Gasteiger charge is -1.94. The first kappa shape index (κ1) is 10.6. The summed E-state index contributed by atoms with van der Waals surface area (Å²) in [5.41, 5.74) is 1.44. The van der Waals surface area contributed by atoms with Gasteiger partial charge in [0.25, 0.3) is 5.89 Å². The number of aromatic nitrogens is 2. The Morgan fingerprint density at radius 3 is 2.78 bits per heavy atom. The SMILES string of the molecule is Cc1cc(-c2nc(-c3cccc(O)c3)no2)co1. The van der Waals surface area contributed by atoms with E-state index in [4.69, 9.17) is 8.94 Å². The van der Waals surface area contributed by atoms with Crippen molar-refractivity contribution in [2.75, 3.05) is 0 Å². The van der Waals surface area contributed by atoms with Gasteiger partial charge in [0.1, 0.15) is 17.8 Å². The van der Waals surface area contributed by atoms with Crippen LogP contribution in [-0.2, 0) is 0 Å². The lowest BCUT2D eigenvalue weighted by Crippen LogP contribution is -1.80. The second-order valence-electron chi connectivity index (χ2n) is 3.92. The molecule has 0 amide bonds. The zero-order valence-electron chi connectivity index (χ0n) is 9.62. The number of hydrogen-bond acceptors (Lipinski definition) is 5. The summed E-state index contributed by atoms with van der Waals surface area (Å²) in [7, 11) is 0. The van der Waals surface area contributed by atoms with Crippen LogP contribution in [0.25, 0.3) is 22.8 Å². The minimum absolute atomic E-state index is 0.165. The molecule has 0 atom stereocenters. The predicted octanol–water partition coefficient (Wildman–Crippen LogP) is 3.01. The average molecular weight is 242 g/mol. The van der Waals surface area contributed by atoms with Crippen molar-refractivity contribution in [3.8, 4) is 28.6 Å². The fourth-order valence-corrected chi connectivity index (χ4v) is 1.66. The molecule has 0 spiro atoms. The van der Waals surface area contributed by atoms with Crippen molar-refractivity contribution in [1.29, 1.82) is 0 Å². The first-order valence-electron chi connectivity index (χ1n) is 5.41. The van der Waals surface area contributed by atoms with E-state index in [2.05, 4.69) is 10.1 Å². The molecule has 0 unspecified atom stereocenters. The molecule has 1 aromatic carbocycles. The van der Waals surface area contributed by atoms with Gasteiger partial charge in [0.05, 0.1) is 5.56 Å². The van der Waals surface area contributed by atoms with Gasteiger partial charge in [0.2, 0.25) is 5.82 Å². The van der Waals surface area contributed by atoms with E-state index in [0.717, 1.165) is 11.3 Å². The van der Waals surface area contributed by atoms with E-state index in [1.54, 1.807) is 30.5 Å². The molecule has 0 radical (unpaired) electrons. The summed E-state index contributed by atoms with van der Waals surface area (Å²) >= 11 is 0. The first-order valence-corrected chi connectivity index (χ1v) is 5.41. The molecule has 0 fully saturated rings. The van der Waals surface area contributed by atoms with Crippen LogP contribution in [0.1, 0.15) is 5.76 Å². The molecule has 0 saturated heterocycles. The largest absolute Gasteiger partial charge is 0.508 e. The minimum atomic E-state index is 0.165. The van der Waals surface area contributed by atoms with Crippen molar-refractivity contribution in [1.82, 2.24) is 10.1 Å². The Kier molecular flexibility index (Phi) is 2.37. The number of phenols is 1. The molecular formula is C13H10N2O3. The molecule has 3 aromatic rings. The molecule has 90 valence electrons. The quantitative estimate of drug-likeness (QED) is 0.747. The van der Waals surface area contributed by atoms with Crippen LogP contribution in [0.5, 0.6) is 5.75 Å². The molecule has 5 nitrogen and oxygen atoms in total. The maximum absolute atomic E-state index is 9.40. The van der Waals surface area contributed by atoms with E-state index in [1.165, 1.54) is 0 Å². The van der Waals surface area contributed by atoms with Crippen molar-refractivity contribution in [3.05, 3.63) is 42.4 Å². The van der Waals surface area contributed by atoms with E-state index in [0.29, 0.717) is 17.3 Å². The maximum atomic E-state index is 9.40. The summed E-state index contributed by atoms with van der Waals surface area (Å²) in [5.74, 6) is 1.77. The number of aryl methyl sites for hydroxylation is 1. The van der Waals surface area contributed by atoms with Gasteiger partial charge >= 0.3 is 0 Å². The lowest BCUT2D eigenvalue weighted by atomic mass is 10.2. The molecule has 5 heteroatoms. The van der Waals surface area contributed by atoms with Gasteiger partial charge in [-0.15, -0.1) is 0 Å². The van der Waals surface area contributed by atoms with Crippen LogP contribution < -0.4 is 0 Å². The van der Waals surface area contributed by atoms with Crippen molar-refractivity contribution < 1.29 is 14.0 Å². The summed E-state index contributed by atoms with van der Waals surface area (Å²) in [6.07, 6.45) is 1.56. The monoisotopic (exact) mass is 242 g/mol. The number of aromatic hydroxyl groups is 1. The van der Waals surface area contributed by atoms with Gasteiger partial charge in [-0.1, -0.05) is 17.3 Å². The van der Waals surface area contributed by atoms with Gasteiger partial charge in [-0.05, 0) is 25.1 Å². The second kappa shape index (κ2) is 4.03. The van der Waals surface area contributed by atoms with Crippen molar-refractivity contribution in [2.45, 2.75) is 6.92 Å². The van der Waals surface area contributed by atoms with E-state index < -0.39 is 0 Å². The molecule has 0 aliphatic heterocycles. The van der Waals surface area contributed by atoms with Crippen molar-refractivity contribution in [2.24, 2.45) is 0 Å². The van der Waals surface area contributed by atoms with E-state index in [-0.39, 0.29) is 5.75 Å². The van der Waals surface area contributed by atoms with Crippen molar-refractivity contribution >= 4 is 0 Å². The van der Waals surface area contributed by atoms with Crippen LogP contribution in [-0.4, -0.2) is 15.2 Å². The van der Waals surface area contributed by atoms with Gasteiger partial charge in [-0.3, -0.25) is 0 Å². The zero-order chi connectivity index (χ0) is 12.5. The summed E-state index contributed by atoms with van der Waals surface area (Å²) in [6, 6.07) is 8.51. The predicted molar refractivity (Wildman–Crippen MR) is 63.8 cm³/mol. The highest BCUT2D eigenvalue weighted by Crippen LogP contribution is 2.25. The van der Waals surface area contributed by atoms with Gasteiger partial charge in [0, 0.05) is 5.56 Å². The number of furan rings is 1. The topological polar surface area (TPSA) is 72.3 Å². The van der Waals surface area contributed by atoms with Crippen molar-refractivity contribution in [3.63, 3.8) is 0 Å². The molecule has 1 N–H and O–H groups in total. The number of nitrogens with zero attached hydrogens (tertiary/aromatic N) is 2.